The van der Waals surface area contributed by atoms with Gasteiger partial charge in [-0.2, -0.15) is 13.2 Å². The molecule has 1 aliphatic heterocycles. The highest BCUT2D eigenvalue weighted by Gasteiger charge is 2.36. The minimum absolute atomic E-state index is 0.128. The second kappa shape index (κ2) is 8.84. The number of piperazine rings is 1. The number of carbonyl (C=O) groups is 1. The number of ketones is 1. The van der Waals surface area contributed by atoms with Crippen molar-refractivity contribution in [1.29, 1.82) is 0 Å². The summed E-state index contributed by atoms with van der Waals surface area (Å²) in [5.74, 6) is 0.673. The minimum Gasteiger partial charge on any atom is -0.368 e. The van der Waals surface area contributed by atoms with Gasteiger partial charge in [0.25, 0.3) is 0 Å². The third kappa shape index (κ3) is 4.66. The smallest absolute Gasteiger partial charge is 0.368 e. The Morgan fingerprint density at radius 1 is 1.11 bits per heavy atom. The zero-order valence-electron chi connectivity index (χ0n) is 19.3. The van der Waals surface area contributed by atoms with Crippen LogP contribution in [0.25, 0.3) is 22.4 Å². The molecule has 2 aromatic carbocycles. The fraction of sp³-hybridized carbons (Fsp3) is 0.320. The number of carbonyl (C=O) groups excluding carboxylic acids is 1. The van der Waals surface area contributed by atoms with Gasteiger partial charge in [-0.1, -0.05) is 11.2 Å². The molecule has 1 fully saturated rings. The van der Waals surface area contributed by atoms with Crippen molar-refractivity contribution >= 4 is 22.5 Å². The molecule has 2 aromatic heterocycles. The molecule has 3 heterocycles. The molecule has 0 amide bonds. The molecule has 4 aromatic rings. The maximum atomic E-state index is 14.0. The maximum Gasteiger partial charge on any atom is 0.418 e. The number of halogens is 3. The molecular formula is C25H24F3N5O2. The molecule has 0 aliphatic carbocycles. The Balaban J connectivity index is 1.44. The van der Waals surface area contributed by atoms with Crippen LogP contribution in [0.5, 0.6) is 0 Å². The molecule has 5 rings (SSSR count). The van der Waals surface area contributed by atoms with E-state index in [1.165, 1.54) is 12.3 Å². The van der Waals surface area contributed by atoms with Crippen LogP contribution in [0.3, 0.4) is 0 Å². The maximum absolute atomic E-state index is 14.0. The number of imidazole rings is 1. The van der Waals surface area contributed by atoms with Crippen LogP contribution in [0.1, 0.15) is 27.2 Å². The molecule has 0 bridgehead atoms. The summed E-state index contributed by atoms with van der Waals surface area (Å²) < 4.78 is 46.9. The normalized spacial score (nSPS) is 15.2. The van der Waals surface area contributed by atoms with E-state index in [0.717, 1.165) is 11.6 Å². The SMILES string of the molecule is Cc1oncc1C(=O)Cc1ccc2nc(-c3ccc(N4CCN(C)CC4)c(C(F)(F)F)c3)[nH]c2c1. The van der Waals surface area contributed by atoms with Crippen LogP contribution in [-0.2, 0) is 12.6 Å². The van der Waals surface area contributed by atoms with Crippen molar-refractivity contribution in [3.63, 3.8) is 0 Å². The number of Topliss-reactive ketones (excluding diaryl/α,β-unsaturated/α-hetero) is 1. The van der Waals surface area contributed by atoms with Gasteiger partial charge in [0.15, 0.2) is 5.78 Å². The number of nitrogens with zero attached hydrogens (tertiary/aromatic N) is 4. The van der Waals surface area contributed by atoms with E-state index >= 15 is 0 Å². The first-order valence-electron chi connectivity index (χ1n) is 11.3. The number of H-pyrrole nitrogens is 1. The molecule has 1 aliphatic rings. The van der Waals surface area contributed by atoms with Crippen molar-refractivity contribution < 1.29 is 22.5 Å². The van der Waals surface area contributed by atoms with Gasteiger partial charge in [0.2, 0.25) is 0 Å². The van der Waals surface area contributed by atoms with Crippen LogP contribution in [-0.4, -0.2) is 59.0 Å². The van der Waals surface area contributed by atoms with Gasteiger partial charge in [0.05, 0.1) is 28.4 Å². The molecule has 0 saturated carbocycles. The number of nitrogens with one attached hydrogen (secondary N) is 1. The van der Waals surface area contributed by atoms with Gasteiger partial charge in [-0.25, -0.2) is 4.98 Å². The molecule has 10 heteroatoms. The zero-order valence-corrected chi connectivity index (χ0v) is 19.3. The Labute approximate surface area is 199 Å². The fourth-order valence-corrected chi connectivity index (χ4v) is 4.38. The summed E-state index contributed by atoms with van der Waals surface area (Å²) in [6.45, 7) is 4.18. The summed E-state index contributed by atoms with van der Waals surface area (Å²) >= 11 is 0. The fourth-order valence-electron chi connectivity index (χ4n) is 4.38. The molecule has 7 nitrogen and oxygen atoms in total. The molecule has 35 heavy (non-hydrogen) atoms. The lowest BCUT2D eigenvalue weighted by Crippen LogP contribution is -2.45. The number of aryl methyl sites for hydroxylation is 1. The van der Waals surface area contributed by atoms with Gasteiger partial charge in [-0.05, 0) is 49.9 Å². The number of hydrogen-bond acceptors (Lipinski definition) is 6. The van der Waals surface area contributed by atoms with E-state index < -0.39 is 11.7 Å². The number of aromatic amines is 1. The van der Waals surface area contributed by atoms with Crippen molar-refractivity contribution in [1.82, 2.24) is 20.0 Å². The number of fused-ring (bicyclic) bond motifs is 1. The first kappa shape index (κ1) is 23.1. The van der Waals surface area contributed by atoms with E-state index in [9.17, 15) is 18.0 Å². The second-order valence-electron chi connectivity index (χ2n) is 8.85. The van der Waals surface area contributed by atoms with Crippen LogP contribution >= 0.6 is 0 Å². The Bertz CT molecular complexity index is 1380. The number of benzene rings is 2. The molecule has 0 atom stereocenters. The van der Waals surface area contributed by atoms with Crippen LogP contribution in [0.15, 0.2) is 47.1 Å². The number of hydrogen-bond donors (Lipinski definition) is 1. The predicted molar refractivity (Wildman–Crippen MR) is 126 cm³/mol. The highest BCUT2D eigenvalue weighted by atomic mass is 19.4. The number of aromatic nitrogens is 3. The highest BCUT2D eigenvalue weighted by molar-refractivity contribution is 5.98. The van der Waals surface area contributed by atoms with E-state index in [1.54, 1.807) is 36.1 Å². The Kier molecular flexibility index (Phi) is 5.84. The first-order chi connectivity index (χ1) is 16.7. The summed E-state index contributed by atoms with van der Waals surface area (Å²) in [6, 6.07) is 9.68. The van der Waals surface area contributed by atoms with Gasteiger partial charge in [0.1, 0.15) is 11.6 Å². The molecule has 182 valence electrons. The summed E-state index contributed by atoms with van der Waals surface area (Å²) in [7, 11) is 1.96. The number of rotatable bonds is 5. The van der Waals surface area contributed by atoms with Crippen molar-refractivity contribution in [2.24, 2.45) is 0 Å². The Hall–Kier alpha value is -3.66. The topological polar surface area (TPSA) is 78.3 Å². The van der Waals surface area contributed by atoms with Crippen molar-refractivity contribution in [3.05, 3.63) is 65.0 Å². The largest absolute Gasteiger partial charge is 0.418 e. The van der Waals surface area contributed by atoms with Gasteiger partial charge < -0.3 is 19.3 Å². The minimum atomic E-state index is -4.49. The van der Waals surface area contributed by atoms with Gasteiger partial charge in [-0.15, -0.1) is 0 Å². The van der Waals surface area contributed by atoms with Gasteiger partial charge >= 0.3 is 6.18 Å². The average molecular weight is 483 g/mol. The lowest BCUT2D eigenvalue weighted by Gasteiger charge is -2.35. The van der Waals surface area contributed by atoms with Crippen LogP contribution < -0.4 is 4.90 Å². The number of alkyl halides is 3. The molecular weight excluding hydrogens is 459 g/mol. The van der Waals surface area contributed by atoms with Crippen LogP contribution in [0.2, 0.25) is 0 Å². The summed E-state index contributed by atoms with van der Waals surface area (Å²) in [5, 5.41) is 3.64. The quantitative estimate of drug-likeness (QED) is 0.414. The van der Waals surface area contributed by atoms with E-state index in [1.807, 2.05) is 7.05 Å². The lowest BCUT2D eigenvalue weighted by molar-refractivity contribution is -0.137. The third-order valence-corrected chi connectivity index (χ3v) is 6.38. The third-order valence-electron chi connectivity index (χ3n) is 6.38. The highest BCUT2D eigenvalue weighted by Crippen LogP contribution is 2.39. The van der Waals surface area contributed by atoms with E-state index in [4.69, 9.17) is 4.52 Å². The van der Waals surface area contributed by atoms with Crippen molar-refractivity contribution in [3.8, 4) is 11.4 Å². The van der Waals surface area contributed by atoms with Gasteiger partial charge in [-0.3, -0.25) is 4.79 Å². The molecule has 0 unspecified atom stereocenters. The molecule has 1 N–H and O–H groups in total. The van der Waals surface area contributed by atoms with E-state index in [2.05, 4.69) is 20.0 Å². The van der Waals surface area contributed by atoms with Crippen LogP contribution in [0, 0.1) is 6.92 Å². The molecule has 1 saturated heterocycles. The number of likely N-dealkylation sites (N-methyl/N-ethyl adjacent to an activating group) is 1. The van der Waals surface area contributed by atoms with Gasteiger partial charge in [0, 0.05) is 43.9 Å². The standard InChI is InChI=1S/C25H24F3N5O2/c1-15-18(14-29-35-15)23(34)12-16-3-5-20-21(11-16)31-24(30-20)17-4-6-22(19(13-17)25(26,27)28)33-9-7-32(2)8-10-33/h3-6,11,13-14H,7-10,12H2,1-2H3,(H,30,31). The number of anilines is 1. The van der Waals surface area contributed by atoms with E-state index in [-0.39, 0.29) is 17.9 Å². The zero-order chi connectivity index (χ0) is 24.7. The Morgan fingerprint density at radius 3 is 2.57 bits per heavy atom. The lowest BCUT2D eigenvalue weighted by atomic mass is 10.0. The predicted octanol–water partition coefficient (Wildman–Crippen LogP) is 4.72. The first-order valence-corrected chi connectivity index (χ1v) is 11.3. The summed E-state index contributed by atoms with van der Waals surface area (Å²) in [5.41, 5.74) is 2.29. The van der Waals surface area contributed by atoms with Crippen LogP contribution in [0.4, 0.5) is 18.9 Å². The van der Waals surface area contributed by atoms with E-state index in [0.29, 0.717) is 59.9 Å². The Morgan fingerprint density at radius 2 is 1.89 bits per heavy atom. The summed E-state index contributed by atoms with van der Waals surface area (Å²) in [6.07, 6.45) is -2.95. The monoisotopic (exact) mass is 483 g/mol. The van der Waals surface area contributed by atoms with Crippen molar-refractivity contribution in [2.75, 3.05) is 38.1 Å². The second-order valence-corrected chi connectivity index (χ2v) is 8.85. The molecule has 0 radical (unpaired) electrons. The van der Waals surface area contributed by atoms with Crippen molar-refractivity contribution in [2.45, 2.75) is 19.5 Å². The average Bonchev–Trinajstić information content (AvgIpc) is 3.44. The molecule has 0 spiro atoms. The summed E-state index contributed by atoms with van der Waals surface area (Å²) in [4.78, 5) is 24.0.